The zero-order chi connectivity index (χ0) is 27.9. The van der Waals surface area contributed by atoms with Crippen LogP contribution in [-0.4, -0.2) is 60.3 Å². The highest BCUT2D eigenvalue weighted by Crippen LogP contribution is 2.43. The lowest BCUT2D eigenvalue weighted by molar-refractivity contribution is -0.148. The molecule has 0 aliphatic carbocycles. The first-order valence-electron chi connectivity index (χ1n) is 13.2. The van der Waals surface area contributed by atoms with Crippen molar-refractivity contribution in [1.29, 1.82) is 0 Å². The number of hydrogen-bond acceptors (Lipinski definition) is 6. The molecule has 0 unspecified atom stereocenters. The molecule has 0 radical (unpaired) electrons. The molecule has 1 saturated heterocycles. The van der Waals surface area contributed by atoms with Gasteiger partial charge in [-0.1, -0.05) is 38.4 Å². The van der Waals surface area contributed by atoms with Crippen LogP contribution in [0.5, 0.6) is 11.5 Å². The standard InChI is InChI=1S/C29H33ClN2O7/c1-29(2,3)15-32-21-6-5-19(30)13-20(21)26(18-4-7-22-23(12-18)38-16-37-22)39-24(27(32)34)14-25(33)31-10-8-17(9-11-31)28(35)36/h4-7,12-13,17,24,26H,8-11,14-16H2,1-3H3,(H,35,36)/t24-,26-/m0/s1. The molecule has 3 aliphatic rings. The molecule has 9 nitrogen and oxygen atoms in total. The van der Waals surface area contributed by atoms with Gasteiger partial charge in [0.15, 0.2) is 11.5 Å². The molecule has 3 heterocycles. The summed E-state index contributed by atoms with van der Waals surface area (Å²) in [5, 5.41) is 9.82. The number of benzene rings is 2. The molecule has 1 fully saturated rings. The topological polar surface area (TPSA) is 106 Å². The molecule has 1 N–H and O–H groups in total. The van der Waals surface area contributed by atoms with E-state index in [0.717, 1.165) is 11.1 Å². The van der Waals surface area contributed by atoms with E-state index in [-0.39, 0.29) is 30.4 Å². The molecule has 5 rings (SSSR count). The minimum Gasteiger partial charge on any atom is -0.481 e. The van der Waals surface area contributed by atoms with Gasteiger partial charge >= 0.3 is 5.97 Å². The maximum absolute atomic E-state index is 14.1. The number of carboxylic acid groups (broad SMARTS) is 1. The monoisotopic (exact) mass is 556 g/mol. The van der Waals surface area contributed by atoms with Crippen LogP contribution in [0.3, 0.4) is 0 Å². The van der Waals surface area contributed by atoms with Gasteiger partial charge in [0.25, 0.3) is 5.91 Å². The van der Waals surface area contributed by atoms with Crippen LogP contribution in [0.1, 0.15) is 57.3 Å². The van der Waals surface area contributed by atoms with E-state index in [0.29, 0.717) is 54.7 Å². The number of ether oxygens (including phenoxy) is 3. The van der Waals surface area contributed by atoms with E-state index in [4.69, 9.17) is 25.8 Å². The summed E-state index contributed by atoms with van der Waals surface area (Å²) >= 11 is 6.44. The molecular weight excluding hydrogens is 524 g/mol. The molecule has 0 bridgehead atoms. The molecular formula is C29H33ClN2O7. The van der Waals surface area contributed by atoms with Crippen molar-refractivity contribution in [3.63, 3.8) is 0 Å². The zero-order valence-corrected chi connectivity index (χ0v) is 23.1. The van der Waals surface area contributed by atoms with Crippen LogP contribution in [0.2, 0.25) is 5.02 Å². The first-order chi connectivity index (χ1) is 18.5. The maximum atomic E-state index is 14.1. The number of likely N-dealkylation sites (tertiary alicyclic amines) is 1. The molecule has 10 heteroatoms. The van der Waals surface area contributed by atoms with Gasteiger partial charge in [0.1, 0.15) is 12.2 Å². The predicted octanol–water partition coefficient (Wildman–Crippen LogP) is 4.65. The van der Waals surface area contributed by atoms with Crippen LogP contribution in [0, 0.1) is 11.3 Å². The largest absolute Gasteiger partial charge is 0.481 e. The van der Waals surface area contributed by atoms with E-state index >= 15 is 0 Å². The summed E-state index contributed by atoms with van der Waals surface area (Å²) in [6.07, 6.45) is -1.13. The van der Waals surface area contributed by atoms with E-state index in [2.05, 4.69) is 0 Å². The molecule has 208 valence electrons. The van der Waals surface area contributed by atoms with Crippen molar-refractivity contribution in [3.8, 4) is 11.5 Å². The molecule has 2 aromatic rings. The number of carbonyl (C=O) groups is 3. The number of hydrogen-bond donors (Lipinski definition) is 1. The first-order valence-corrected chi connectivity index (χ1v) is 13.5. The second-order valence-electron chi connectivity index (χ2n) is 11.5. The highest BCUT2D eigenvalue weighted by Gasteiger charge is 2.40. The zero-order valence-electron chi connectivity index (χ0n) is 22.3. The van der Waals surface area contributed by atoms with Gasteiger partial charge in [-0.15, -0.1) is 0 Å². The molecule has 0 saturated carbocycles. The number of halogens is 1. The molecule has 39 heavy (non-hydrogen) atoms. The van der Waals surface area contributed by atoms with Crippen LogP contribution in [0.25, 0.3) is 0 Å². The number of carbonyl (C=O) groups excluding carboxylic acids is 2. The van der Waals surface area contributed by atoms with Gasteiger partial charge in [-0.2, -0.15) is 0 Å². The van der Waals surface area contributed by atoms with E-state index in [9.17, 15) is 19.5 Å². The summed E-state index contributed by atoms with van der Waals surface area (Å²) in [5.74, 6) is -0.630. The molecule has 2 amide bonds. The van der Waals surface area contributed by atoms with Crippen molar-refractivity contribution >= 4 is 35.1 Å². The van der Waals surface area contributed by atoms with Crippen molar-refractivity contribution < 1.29 is 33.7 Å². The van der Waals surface area contributed by atoms with Crippen LogP contribution in [0.15, 0.2) is 36.4 Å². The van der Waals surface area contributed by atoms with E-state index in [1.807, 2.05) is 39.0 Å². The summed E-state index contributed by atoms with van der Waals surface area (Å²) in [6.45, 7) is 7.34. The fraction of sp³-hybridized carbons (Fsp3) is 0.483. The molecule has 2 aromatic carbocycles. The average molecular weight is 557 g/mol. The molecule has 2 atom stereocenters. The Kier molecular flexibility index (Phi) is 7.48. The number of anilines is 1. The highest BCUT2D eigenvalue weighted by atomic mass is 35.5. The van der Waals surface area contributed by atoms with Gasteiger partial charge in [0.05, 0.1) is 12.3 Å². The number of nitrogens with zero attached hydrogens (tertiary/aromatic N) is 2. The van der Waals surface area contributed by atoms with E-state index in [1.165, 1.54) is 0 Å². The Labute approximate surface area is 232 Å². The predicted molar refractivity (Wildman–Crippen MR) is 144 cm³/mol. The smallest absolute Gasteiger partial charge is 0.306 e. The number of amides is 2. The minimum atomic E-state index is -1.06. The number of fused-ring (bicyclic) bond motifs is 2. The van der Waals surface area contributed by atoms with Crippen molar-refractivity contribution in [2.24, 2.45) is 11.3 Å². The van der Waals surface area contributed by atoms with Gasteiger partial charge in [0, 0.05) is 35.9 Å². The Morgan fingerprint density at radius 3 is 2.46 bits per heavy atom. The fourth-order valence-electron chi connectivity index (χ4n) is 5.34. The quantitative estimate of drug-likeness (QED) is 0.571. The Balaban J connectivity index is 1.50. The van der Waals surface area contributed by atoms with Crippen LogP contribution in [0.4, 0.5) is 5.69 Å². The van der Waals surface area contributed by atoms with Gasteiger partial charge in [-0.05, 0) is 54.2 Å². The first kappa shape index (κ1) is 27.3. The maximum Gasteiger partial charge on any atom is 0.306 e. The number of piperidine rings is 1. The summed E-state index contributed by atoms with van der Waals surface area (Å²) in [6, 6.07) is 10.9. The lowest BCUT2D eigenvalue weighted by atomic mass is 9.94. The number of carboxylic acids is 1. The summed E-state index contributed by atoms with van der Waals surface area (Å²) in [5.41, 5.74) is 1.90. The van der Waals surface area contributed by atoms with Crippen molar-refractivity contribution in [2.45, 2.75) is 52.2 Å². The second kappa shape index (κ2) is 10.7. The normalized spacial score (nSPS) is 21.5. The van der Waals surface area contributed by atoms with Crippen molar-refractivity contribution in [3.05, 3.63) is 52.5 Å². The SMILES string of the molecule is CC(C)(C)CN1C(=O)[C@H](CC(=O)N2CCC(C(=O)O)CC2)O[C@@H](c2ccc3c(c2)OCO3)c2cc(Cl)ccc21. The Hall–Kier alpha value is -3.30. The van der Waals surface area contributed by atoms with Crippen LogP contribution in [-0.2, 0) is 19.1 Å². The number of rotatable bonds is 5. The molecule has 0 aromatic heterocycles. The second-order valence-corrected chi connectivity index (χ2v) is 11.9. The fourth-order valence-corrected chi connectivity index (χ4v) is 5.52. The van der Waals surface area contributed by atoms with Crippen LogP contribution >= 0.6 is 11.6 Å². The van der Waals surface area contributed by atoms with Crippen molar-refractivity contribution in [1.82, 2.24) is 4.90 Å². The van der Waals surface area contributed by atoms with Crippen molar-refractivity contribution in [2.75, 3.05) is 31.3 Å². The molecule has 0 spiro atoms. The lowest BCUT2D eigenvalue weighted by Crippen LogP contribution is -2.47. The Morgan fingerprint density at radius 1 is 1.05 bits per heavy atom. The highest BCUT2D eigenvalue weighted by molar-refractivity contribution is 6.30. The van der Waals surface area contributed by atoms with E-state index < -0.39 is 24.1 Å². The Bertz CT molecular complexity index is 1280. The third-order valence-corrected chi connectivity index (χ3v) is 7.53. The summed E-state index contributed by atoms with van der Waals surface area (Å²) in [4.78, 5) is 42.1. The Morgan fingerprint density at radius 2 is 1.77 bits per heavy atom. The van der Waals surface area contributed by atoms with Gasteiger partial charge in [0.2, 0.25) is 12.7 Å². The third kappa shape index (κ3) is 5.84. The molecule has 3 aliphatic heterocycles. The van der Waals surface area contributed by atoms with Gasteiger partial charge in [-0.25, -0.2) is 0 Å². The summed E-state index contributed by atoms with van der Waals surface area (Å²) in [7, 11) is 0. The van der Waals surface area contributed by atoms with Gasteiger partial charge < -0.3 is 29.1 Å². The average Bonchev–Trinajstić information content (AvgIpc) is 3.33. The van der Waals surface area contributed by atoms with Crippen LogP contribution < -0.4 is 14.4 Å². The third-order valence-electron chi connectivity index (χ3n) is 7.29. The van der Waals surface area contributed by atoms with E-state index in [1.54, 1.807) is 28.0 Å². The number of aliphatic carboxylic acids is 1. The minimum absolute atomic E-state index is 0.125. The lowest BCUT2D eigenvalue weighted by Gasteiger charge is -2.33. The van der Waals surface area contributed by atoms with Gasteiger partial charge in [-0.3, -0.25) is 14.4 Å². The summed E-state index contributed by atoms with van der Waals surface area (Å²) < 4.78 is 17.6.